The van der Waals surface area contributed by atoms with Crippen molar-refractivity contribution in [2.75, 3.05) is 6.61 Å². The Labute approximate surface area is 165 Å². The summed E-state index contributed by atoms with van der Waals surface area (Å²) < 4.78 is 5.32. The number of esters is 1. The lowest BCUT2D eigenvalue weighted by Crippen LogP contribution is -2.46. The number of carbonyl (C=O) groups excluding carboxylic acids is 2. The summed E-state index contributed by atoms with van der Waals surface area (Å²) in [6, 6.07) is 23.0. The Hall–Kier alpha value is -3.14. The average Bonchev–Trinajstić information content (AvgIpc) is 2.69. The van der Waals surface area contributed by atoms with Crippen LogP contribution in [0.2, 0.25) is 0 Å². The van der Waals surface area contributed by atoms with Crippen LogP contribution in [-0.2, 0) is 16.1 Å². The van der Waals surface area contributed by atoms with E-state index in [1.807, 2.05) is 81.4 Å². The van der Waals surface area contributed by atoms with Crippen molar-refractivity contribution in [2.24, 2.45) is 0 Å². The van der Waals surface area contributed by atoms with Crippen LogP contribution >= 0.6 is 0 Å². The normalized spacial score (nSPS) is 11.2. The zero-order valence-electron chi connectivity index (χ0n) is 16.5. The third-order valence-electron chi connectivity index (χ3n) is 4.61. The van der Waals surface area contributed by atoms with Crippen molar-refractivity contribution in [1.82, 2.24) is 4.90 Å². The summed E-state index contributed by atoms with van der Waals surface area (Å²) in [6.07, 6.45) is 0. The van der Waals surface area contributed by atoms with Crippen molar-refractivity contribution in [3.63, 3.8) is 0 Å². The molecule has 0 aliphatic heterocycles. The Balaban J connectivity index is 1.68. The molecular formula is C24H25NO3. The molecule has 0 N–H and O–H groups in total. The molecule has 0 fully saturated rings. The second kappa shape index (κ2) is 8.26. The molecule has 4 heteroatoms. The number of rotatable bonds is 5. The molecular weight excluding hydrogens is 350 g/mol. The standard InChI is InChI=1S/C24H25NO3/c1-24(2,3)25(16-18-9-5-4-6-10-18)22(26)17-28-23(27)21-14-13-19-11-7-8-12-20(19)15-21/h4-15H,16-17H2,1-3H3. The van der Waals surface area contributed by atoms with E-state index in [-0.39, 0.29) is 18.1 Å². The van der Waals surface area contributed by atoms with Crippen LogP contribution in [0.15, 0.2) is 72.8 Å². The average molecular weight is 375 g/mol. The number of fused-ring (bicyclic) bond motifs is 1. The van der Waals surface area contributed by atoms with E-state index in [1.54, 1.807) is 17.0 Å². The first-order chi connectivity index (χ1) is 13.3. The number of ether oxygens (including phenoxy) is 1. The quantitative estimate of drug-likeness (QED) is 0.601. The van der Waals surface area contributed by atoms with Crippen molar-refractivity contribution in [2.45, 2.75) is 32.9 Å². The van der Waals surface area contributed by atoms with Crippen molar-refractivity contribution in [1.29, 1.82) is 0 Å². The first-order valence-corrected chi connectivity index (χ1v) is 9.35. The maximum atomic E-state index is 12.8. The highest BCUT2D eigenvalue weighted by Gasteiger charge is 2.27. The van der Waals surface area contributed by atoms with Gasteiger partial charge in [0.25, 0.3) is 5.91 Å². The minimum absolute atomic E-state index is 0.217. The molecule has 0 saturated heterocycles. The van der Waals surface area contributed by atoms with Gasteiger partial charge in [-0.05, 0) is 49.2 Å². The Kier molecular flexibility index (Phi) is 5.78. The zero-order valence-corrected chi connectivity index (χ0v) is 16.5. The van der Waals surface area contributed by atoms with E-state index in [2.05, 4.69) is 0 Å². The lowest BCUT2D eigenvalue weighted by Gasteiger charge is -2.35. The summed E-state index contributed by atoms with van der Waals surface area (Å²) in [5, 5.41) is 2.01. The van der Waals surface area contributed by atoms with Crippen molar-refractivity contribution in [3.05, 3.63) is 83.9 Å². The van der Waals surface area contributed by atoms with E-state index < -0.39 is 5.97 Å². The lowest BCUT2D eigenvalue weighted by atomic mass is 10.0. The van der Waals surface area contributed by atoms with Crippen LogP contribution < -0.4 is 0 Å². The fraction of sp³-hybridized carbons (Fsp3) is 0.250. The molecule has 0 aliphatic carbocycles. The van der Waals surface area contributed by atoms with Crippen molar-refractivity contribution < 1.29 is 14.3 Å². The molecule has 0 atom stereocenters. The van der Waals surface area contributed by atoms with Gasteiger partial charge < -0.3 is 9.64 Å². The predicted octanol–water partition coefficient (Wildman–Crippen LogP) is 4.82. The summed E-state index contributed by atoms with van der Waals surface area (Å²) in [5.41, 5.74) is 1.09. The van der Waals surface area contributed by atoms with Crippen LogP contribution in [0.3, 0.4) is 0 Å². The highest BCUT2D eigenvalue weighted by atomic mass is 16.5. The number of benzene rings is 3. The molecule has 1 amide bonds. The Bertz CT molecular complexity index is 974. The van der Waals surface area contributed by atoms with Gasteiger partial charge >= 0.3 is 5.97 Å². The van der Waals surface area contributed by atoms with Gasteiger partial charge in [0.2, 0.25) is 0 Å². The van der Waals surface area contributed by atoms with E-state index >= 15 is 0 Å². The number of amides is 1. The summed E-state index contributed by atoms with van der Waals surface area (Å²) in [6.45, 7) is 6.10. The largest absolute Gasteiger partial charge is 0.452 e. The monoisotopic (exact) mass is 375 g/mol. The Morgan fingerprint density at radius 1 is 0.857 bits per heavy atom. The van der Waals surface area contributed by atoms with E-state index in [0.717, 1.165) is 16.3 Å². The molecule has 0 saturated carbocycles. The van der Waals surface area contributed by atoms with Gasteiger partial charge in [-0.2, -0.15) is 0 Å². The van der Waals surface area contributed by atoms with E-state index in [1.165, 1.54) is 0 Å². The molecule has 0 aliphatic rings. The van der Waals surface area contributed by atoms with Gasteiger partial charge in [-0.1, -0.05) is 60.7 Å². The summed E-state index contributed by atoms with van der Waals surface area (Å²) >= 11 is 0. The van der Waals surface area contributed by atoms with E-state index in [4.69, 9.17) is 4.74 Å². The van der Waals surface area contributed by atoms with Crippen LogP contribution in [0.4, 0.5) is 0 Å². The van der Waals surface area contributed by atoms with Gasteiger partial charge in [0.1, 0.15) is 0 Å². The molecule has 4 nitrogen and oxygen atoms in total. The summed E-state index contributed by atoms with van der Waals surface area (Å²) in [7, 11) is 0. The van der Waals surface area contributed by atoms with Crippen molar-refractivity contribution >= 4 is 22.6 Å². The second-order valence-electron chi connectivity index (χ2n) is 7.77. The highest BCUT2D eigenvalue weighted by Crippen LogP contribution is 2.19. The van der Waals surface area contributed by atoms with Gasteiger partial charge in [0.15, 0.2) is 6.61 Å². The summed E-state index contributed by atoms with van der Waals surface area (Å²) in [4.78, 5) is 27.0. The zero-order chi connectivity index (χ0) is 20.1. The van der Waals surface area contributed by atoms with Crippen LogP contribution in [-0.4, -0.2) is 28.9 Å². The molecule has 3 aromatic rings. The number of hydrogen-bond acceptors (Lipinski definition) is 3. The molecule has 0 spiro atoms. The molecule has 28 heavy (non-hydrogen) atoms. The smallest absolute Gasteiger partial charge is 0.338 e. The number of hydrogen-bond donors (Lipinski definition) is 0. The van der Waals surface area contributed by atoms with Gasteiger partial charge in [0.05, 0.1) is 5.56 Å². The molecule has 3 aromatic carbocycles. The third-order valence-corrected chi connectivity index (χ3v) is 4.61. The fourth-order valence-corrected chi connectivity index (χ4v) is 3.07. The van der Waals surface area contributed by atoms with E-state index in [9.17, 15) is 9.59 Å². The molecule has 0 heterocycles. The second-order valence-corrected chi connectivity index (χ2v) is 7.77. The number of carbonyl (C=O) groups is 2. The summed E-state index contributed by atoms with van der Waals surface area (Å²) in [5.74, 6) is -0.710. The first-order valence-electron chi connectivity index (χ1n) is 9.35. The van der Waals surface area contributed by atoms with Gasteiger partial charge in [-0.25, -0.2) is 4.79 Å². The molecule has 0 aromatic heterocycles. The first kappa shape index (κ1) is 19.6. The number of nitrogens with zero attached hydrogens (tertiary/aromatic N) is 1. The lowest BCUT2D eigenvalue weighted by molar-refractivity contribution is -0.140. The minimum Gasteiger partial charge on any atom is -0.452 e. The maximum Gasteiger partial charge on any atom is 0.338 e. The van der Waals surface area contributed by atoms with Crippen LogP contribution in [0.1, 0.15) is 36.7 Å². The van der Waals surface area contributed by atoms with Crippen LogP contribution in [0.5, 0.6) is 0 Å². The molecule has 144 valence electrons. The third kappa shape index (κ3) is 4.77. The highest BCUT2D eigenvalue weighted by molar-refractivity contribution is 5.96. The predicted molar refractivity (Wildman–Crippen MR) is 111 cm³/mol. The Morgan fingerprint density at radius 3 is 2.18 bits per heavy atom. The molecule has 3 rings (SSSR count). The molecule has 0 bridgehead atoms. The van der Waals surface area contributed by atoms with E-state index in [0.29, 0.717) is 12.1 Å². The van der Waals surface area contributed by atoms with Crippen molar-refractivity contribution in [3.8, 4) is 0 Å². The van der Waals surface area contributed by atoms with Gasteiger partial charge in [-0.15, -0.1) is 0 Å². The van der Waals surface area contributed by atoms with Crippen LogP contribution in [0.25, 0.3) is 10.8 Å². The fourth-order valence-electron chi connectivity index (χ4n) is 3.07. The molecule has 0 radical (unpaired) electrons. The van der Waals surface area contributed by atoms with Crippen LogP contribution in [0, 0.1) is 0 Å². The van der Waals surface area contributed by atoms with Gasteiger partial charge in [0, 0.05) is 12.1 Å². The SMILES string of the molecule is CC(C)(C)N(Cc1ccccc1)C(=O)COC(=O)c1ccc2ccccc2c1. The topological polar surface area (TPSA) is 46.6 Å². The maximum absolute atomic E-state index is 12.8. The van der Waals surface area contributed by atoms with Gasteiger partial charge in [-0.3, -0.25) is 4.79 Å². The Morgan fingerprint density at radius 2 is 1.50 bits per heavy atom. The molecule has 0 unspecified atom stereocenters. The minimum atomic E-state index is -0.493.